The average molecular weight is 341 g/mol. The van der Waals surface area contributed by atoms with Gasteiger partial charge in [0.1, 0.15) is 11.5 Å². The molecule has 0 heterocycles. The van der Waals surface area contributed by atoms with E-state index >= 15 is 0 Å². The predicted molar refractivity (Wildman–Crippen MR) is 83.0 cm³/mol. The normalized spacial score (nSPS) is 10.5. The van der Waals surface area contributed by atoms with Crippen molar-refractivity contribution in [3.05, 3.63) is 57.5 Å². The van der Waals surface area contributed by atoms with E-state index in [1.807, 2.05) is 42.5 Å². The van der Waals surface area contributed by atoms with E-state index in [0.29, 0.717) is 10.8 Å². The maximum Gasteiger partial charge on any atom is 0.146 e. The van der Waals surface area contributed by atoms with Gasteiger partial charge in [-0.25, -0.2) is 0 Å². The highest BCUT2D eigenvalue weighted by Gasteiger charge is 2.05. The van der Waals surface area contributed by atoms with Crippen LogP contribution in [0, 0.1) is 0 Å². The number of ether oxygens (including phenoxy) is 1. The topological polar surface area (TPSA) is 21.3 Å². The van der Waals surface area contributed by atoms with E-state index in [1.165, 1.54) is 0 Å². The number of rotatable bonds is 5. The third kappa shape index (κ3) is 4.23. The molecule has 0 unspecified atom stereocenters. The first kappa shape index (κ1) is 14.4. The van der Waals surface area contributed by atoms with Gasteiger partial charge in [-0.15, -0.1) is 0 Å². The zero-order chi connectivity index (χ0) is 13.7. The molecular formula is C15H15BrClNO. The number of hydrogen-bond donors (Lipinski definition) is 1. The van der Waals surface area contributed by atoms with Gasteiger partial charge in [-0.1, -0.05) is 46.6 Å². The molecule has 0 saturated heterocycles. The van der Waals surface area contributed by atoms with Crippen LogP contribution in [-0.4, -0.2) is 6.54 Å². The summed E-state index contributed by atoms with van der Waals surface area (Å²) < 4.78 is 6.74. The van der Waals surface area contributed by atoms with Crippen molar-refractivity contribution in [3.63, 3.8) is 0 Å². The summed E-state index contributed by atoms with van der Waals surface area (Å²) in [5.74, 6) is 1.43. The molecule has 2 nitrogen and oxygen atoms in total. The second-order valence-corrected chi connectivity index (χ2v) is 5.43. The van der Waals surface area contributed by atoms with E-state index in [9.17, 15) is 0 Å². The first-order valence-electron chi connectivity index (χ1n) is 6.11. The van der Waals surface area contributed by atoms with E-state index in [0.717, 1.165) is 28.9 Å². The molecule has 19 heavy (non-hydrogen) atoms. The van der Waals surface area contributed by atoms with Gasteiger partial charge in [-0.05, 0) is 42.4 Å². The molecule has 100 valence electrons. The molecule has 0 atom stereocenters. The predicted octanol–water partition coefficient (Wildman–Crippen LogP) is 5.00. The molecule has 0 radical (unpaired) electrons. The van der Waals surface area contributed by atoms with Crippen LogP contribution in [0.1, 0.15) is 12.5 Å². The van der Waals surface area contributed by atoms with Crippen LogP contribution in [-0.2, 0) is 6.54 Å². The molecule has 0 saturated carbocycles. The van der Waals surface area contributed by atoms with E-state index < -0.39 is 0 Å². The molecule has 0 aliphatic rings. The van der Waals surface area contributed by atoms with Gasteiger partial charge in [-0.2, -0.15) is 0 Å². The van der Waals surface area contributed by atoms with Crippen molar-refractivity contribution >= 4 is 27.5 Å². The zero-order valence-corrected chi connectivity index (χ0v) is 13.0. The quantitative estimate of drug-likeness (QED) is 0.826. The van der Waals surface area contributed by atoms with Gasteiger partial charge >= 0.3 is 0 Å². The summed E-state index contributed by atoms with van der Waals surface area (Å²) in [6, 6.07) is 13.5. The van der Waals surface area contributed by atoms with Crippen molar-refractivity contribution in [1.29, 1.82) is 0 Å². The van der Waals surface area contributed by atoms with Crippen LogP contribution in [0.5, 0.6) is 11.5 Å². The van der Waals surface area contributed by atoms with Gasteiger partial charge < -0.3 is 10.1 Å². The Morgan fingerprint density at radius 3 is 2.74 bits per heavy atom. The van der Waals surface area contributed by atoms with E-state index in [4.69, 9.17) is 16.3 Å². The van der Waals surface area contributed by atoms with Crippen molar-refractivity contribution in [3.8, 4) is 11.5 Å². The molecule has 1 N–H and O–H groups in total. The second-order valence-electron chi connectivity index (χ2n) is 4.10. The molecule has 0 spiro atoms. The lowest BCUT2D eigenvalue weighted by Crippen LogP contribution is -2.11. The van der Waals surface area contributed by atoms with Crippen molar-refractivity contribution in [2.45, 2.75) is 13.5 Å². The zero-order valence-electron chi connectivity index (χ0n) is 10.6. The Morgan fingerprint density at radius 2 is 2.05 bits per heavy atom. The summed E-state index contributed by atoms with van der Waals surface area (Å²) in [6.45, 7) is 3.83. The van der Waals surface area contributed by atoms with E-state index in [1.54, 1.807) is 0 Å². The molecule has 0 amide bonds. The molecule has 0 bridgehead atoms. The number of nitrogens with one attached hydrogen (secondary N) is 1. The SMILES string of the molecule is CCNCc1ccc(Oc2cccc(Br)c2)c(Cl)c1. The molecule has 0 fully saturated rings. The minimum absolute atomic E-state index is 0.621. The van der Waals surface area contributed by atoms with E-state index in [-0.39, 0.29) is 0 Å². The van der Waals surface area contributed by atoms with Crippen LogP contribution in [0.4, 0.5) is 0 Å². The summed E-state index contributed by atoms with van der Waals surface area (Å²) in [5.41, 5.74) is 1.15. The van der Waals surface area contributed by atoms with Crippen LogP contribution in [0.3, 0.4) is 0 Å². The summed E-state index contributed by atoms with van der Waals surface area (Å²) >= 11 is 9.65. The van der Waals surface area contributed by atoms with E-state index in [2.05, 4.69) is 28.2 Å². The third-order valence-corrected chi connectivity index (χ3v) is 3.39. The van der Waals surface area contributed by atoms with Crippen molar-refractivity contribution in [2.24, 2.45) is 0 Å². The Labute approximate surface area is 126 Å². The lowest BCUT2D eigenvalue weighted by molar-refractivity contribution is 0.482. The van der Waals surface area contributed by atoms with Crippen molar-refractivity contribution in [1.82, 2.24) is 5.32 Å². The van der Waals surface area contributed by atoms with Gasteiger partial charge in [0, 0.05) is 11.0 Å². The number of hydrogen-bond acceptors (Lipinski definition) is 2. The summed E-state index contributed by atoms with van der Waals surface area (Å²) in [6.07, 6.45) is 0. The Bertz CT molecular complexity index is 560. The molecule has 2 aromatic rings. The average Bonchev–Trinajstić information content (AvgIpc) is 2.39. The first-order chi connectivity index (χ1) is 9.19. The summed E-state index contributed by atoms with van der Waals surface area (Å²) in [4.78, 5) is 0. The molecule has 0 aromatic heterocycles. The summed E-state index contributed by atoms with van der Waals surface area (Å²) in [5, 5.41) is 3.88. The molecule has 0 aliphatic heterocycles. The fourth-order valence-electron chi connectivity index (χ4n) is 1.66. The van der Waals surface area contributed by atoms with Gasteiger partial charge in [0.15, 0.2) is 0 Å². The minimum atomic E-state index is 0.621. The maximum atomic E-state index is 6.23. The molecule has 0 aliphatic carbocycles. The van der Waals surface area contributed by atoms with Crippen LogP contribution in [0.2, 0.25) is 5.02 Å². The Hall–Kier alpha value is -1.03. The number of halogens is 2. The Kier molecular flexibility index (Phi) is 5.25. The largest absolute Gasteiger partial charge is 0.456 e. The van der Waals surface area contributed by atoms with Gasteiger partial charge in [0.2, 0.25) is 0 Å². The first-order valence-corrected chi connectivity index (χ1v) is 7.28. The lowest BCUT2D eigenvalue weighted by Gasteiger charge is -2.09. The minimum Gasteiger partial charge on any atom is -0.456 e. The van der Waals surface area contributed by atoms with Crippen LogP contribution < -0.4 is 10.1 Å². The molecule has 2 rings (SSSR count). The monoisotopic (exact) mass is 339 g/mol. The smallest absolute Gasteiger partial charge is 0.146 e. The third-order valence-electron chi connectivity index (χ3n) is 2.60. The highest BCUT2D eigenvalue weighted by atomic mass is 79.9. The summed E-state index contributed by atoms with van der Waals surface area (Å²) in [7, 11) is 0. The highest BCUT2D eigenvalue weighted by Crippen LogP contribution is 2.31. The van der Waals surface area contributed by atoms with Crippen LogP contribution in [0.15, 0.2) is 46.9 Å². The lowest BCUT2D eigenvalue weighted by atomic mass is 10.2. The Balaban J connectivity index is 2.13. The van der Waals surface area contributed by atoms with Crippen molar-refractivity contribution < 1.29 is 4.74 Å². The van der Waals surface area contributed by atoms with Gasteiger partial charge in [-0.3, -0.25) is 0 Å². The molecule has 4 heteroatoms. The van der Waals surface area contributed by atoms with Gasteiger partial charge in [0.25, 0.3) is 0 Å². The van der Waals surface area contributed by atoms with Gasteiger partial charge in [0.05, 0.1) is 5.02 Å². The standard InChI is InChI=1S/C15H15BrClNO/c1-2-18-10-11-6-7-15(14(17)8-11)19-13-5-3-4-12(16)9-13/h3-9,18H,2,10H2,1H3. The second kappa shape index (κ2) is 6.94. The maximum absolute atomic E-state index is 6.23. The fourth-order valence-corrected chi connectivity index (χ4v) is 2.28. The molecule has 2 aromatic carbocycles. The van der Waals surface area contributed by atoms with Crippen LogP contribution in [0.25, 0.3) is 0 Å². The number of benzene rings is 2. The highest BCUT2D eigenvalue weighted by molar-refractivity contribution is 9.10. The van der Waals surface area contributed by atoms with Crippen molar-refractivity contribution in [2.75, 3.05) is 6.54 Å². The Morgan fingerprint density at radius 1 is 1.21 bits per heavy atom. The molecular weight excluding hydrogens is 326 g/mol. The van der Waals surface area contributed by atoms with Crippen LogP contribution >= 0.6 is 27.5 Å². The fraction of sp³-hybridized carbons (Fsp3) is 0.200.